The van der Waals surface area contributed by atoms with Crippen molar-refractivity contribution >= 4 is 10.9 Å². The minimum Gasteiger partial charge on any atom is -0.358 e. The van der Waals surface area contributed by atoms with Gasteiger partial charge < -0.3 is 10.3 Å². The fourth-order valence-corrected chi connectivity index (χ4v) is 2.31. The number of nitrogens with one attached hydrogen (secondary N) is 2. The average molecular weight is 255 g/mol. The third-order valence-corrected chi connectivity index (χ3v) is 3.45. The van der Waals surface area contributed by atoms with Crippen molar-refractivity contribution in [3.8, 4) is 6.07 Å². The van der Waals surface area contributed by atoms with Crippen LogP contribution < -0.4 is 5.32 Å². The molecule has 3 nitrogen and oxygen atoms in total. The molecular weight excluding hydrogens is 234 g/mol. The highest BCUT2D eigenvalue weighted by Crippen LogP contribution is 2.22. The highest BCUT2D eigenvalue weighted by Gasteiger charge is 2.15. The van der Waals surface area contributed by atoms with Gasteiger partial charge in [0.25, 0.3) is 0 Å². The van der Waals surface area contributed by atoms with Crippen molar-refractivity contribution in [3.05, 3.63) is 35.5 Å². The van der Waals surface area contributed by atoms with E-state index in [4.69, 9.17) is 5.26 Å². The molecule has 1 heterocycles. The van der Waals surface area contributed by atoms with Crippen molar-refractivity contribution in [3.63, 3.8) is 0 Å². The van der Waals surface area contributed by atoms with Crippen LogP contribution in [0.1, 0.15) is 25.1 Å². The smallest absolute Gasteiger partial charge is 0.0697 e. The van der Waals surface area contributed by atoms with E-state index >= 15 is 0 Å². The van der Waals surface area contributed by atoms with Crippen LogP contribution in [0.25, 0.3) is 10.9 Å². The first-order valence-corrected chi connectivity index (χ1v) is 6.72. The Morgan fingerprint density at radius 3 is 2.79 bits per heavy atom. The molecule has 2 N–H and O–H groups in total. The minimum atomic E-state index is -0.296. The van der Waals surface area contributed by atoms with E-state index in [2.05, 4.69) is 47.6 Å². The van der Waals surface area contributed by atoms with Gasteiger partial charge in [-0.25, -0.2) is 0 Å². The van der Waals surface area contributed by atoms with Gasteiger partial charge in [0.1, 0.15) is 0 Å². The fourth-order valence-electron chi connectivity index (χ4n) is 2.31. The molecule has 0 saturated heterocycles. The van der Waals surface area contributed by atoms with Gasteiger partial charge in [-0.15, -0.1) is 0 Å². The molecule has 0 aliphatic carbocycles. The fraction of sp³-hybridized carbons (Fsp3) is 0.438. The molecule has 19 heavy (non-hydrogen) atoms. The maximum atomic E-state index is 8.97. The number of hydrogen-bond donors (Lipinski definition) is 2. The molecule has 0 fully saturated rings. The first kappa shape index (κ1) is 13.6. The summed E-state index contributed by atoms with van der Waals surface area (Å²) in [5.41, 5.74) is 3.52. The number of fused-ring (bicyclic) bond motifs is 1. The molecule has 0 atom stereocenters. The second-order valence-electron chi connectivity index (χ2n) is 5.70. The Labute approximate surface area is 114 Å². The third kappa shape index (κ3) is 3.15. The van der Waals surface area contributed by atoms with Gasteiger partial charge >= 0.3 is 0 Å². The van der Waals surface area contributed by atoms with E-state index in [0.717, 1.165) is 19.5 Å². The molecular formula is C16H21N3. The molecule has 0 bridgehead atoms. The van der Waals surface area contributed by atoms with Crippen molar-refractivity contribution < 1.29 is 0 Å². The molecule has 1 aromatic heterocycles. The zero-order valence-electron chi connectivity index (χ0n) is 11.9. The molecule has 0 aliphatic heterocycles. The van der Waals surface area contributed by atoms with Gasteiger partial charge in [0.2, 0.25) is 0 Å². The van der Waals surface area contributed by atoms with E-state index in [1.165, 1.54) is 22.2 Å². The number of rotatable bonds is 5. The molecule has 100 valence electrons. The predicted molar refractivity (Wildman–Crippen MR) is 79.0 cm³/mol. The maximum absolute atomic E-state index is 8.97. The number of nitriles is 1. The normalized spacial score (nSPS) is 11.7. The van der Waals surface area contributed by atoms with Crippen molar-refractivity contribution in [1.82, 2.24) is 10.3 Å². The third-order valence-electron chi connectivity index (χ3n) is 3.45. The Kier molecular flexibility index (Phi) is 3.92. The number of nitrogens with zero attached hydrogens (tertiary/aromatic N) is 1. The lowest BCUT2D eigenvalue weighted by Gasteiger charge is -2.15. The van der Waals surface area contributed by atoms with Crippen LogP contribution in [-0.4, -0.2) is 18.1 Å². The van der Waals surface area contributed by atoms with Gasteiger partial charge in [-0.1, -0.05) is 18.2 Å². The number of hydrogen-bond acceptors (Lipinski definition) is 2. The number of aryl methyl sites for hydroxylation is 1. The van der Waals surface area contributed by atoms with Crippen LogP contribution in [0, 0.1) is 23.7 Å². The maximum Gasteiger partial charge on any atom is 0.0697 e. The first-order chi connectivity index (χ1) is 9.03. The second kappa shape index (κ2) is 5.46. The summed E-state index contributed by atoms with van der Waals surface area (Å²) in [7, 11) is 0. The Balaban J connectivity index is 1.99. The van der Waals surface area contributed by atoms with Gasteiger partial charge in [-0.3, -0.25) is 0 Å². The predicted octanol–water partition coefficient (Wildman–Crippen LogP) is 3.16. The van der Waals surface area contributed by atoms with Crippen LogP contribution in [0.5, 0.6) is 0 Å². The molecule has 0 radical (unpaired) electrons. The zero-order valence-corrected chi connectivity index (χ0v) is 11.9. The van der Waals surface area contributed by atoms with Crippen LogP contribution in [0.15, 0.2) is 24.3 Å². The molecule has 3 heteroatoms. The topological polar surface area (TPSA) is 51.6 Å². The molecule has 2 rings (SSSR count). The summed E-state index contributed by atoms with van der Waals surface area (Å²) in [4.78, 5) is 3.42. The Morgan fingerprint density at radius 2 is 2.05 bits per heavy atom. The van der Waals surface area contributed by atoms with E-state index in [-0.39, 0.29) is 5.41 Å². The van der Waals surface area contributed by atoms with E-state index in [1.807, 2.05) is 13.8 Å². The van der Waals surface area contributed by atoms with E-state index in [9.17, 15) is 0 Å². The van der Waals surface area contributed by atoms with Crippen LogP contribution in [-0.2, 0) is 6.42 Å². The van der Waals surface area contributed by atoms with Crippen molar-refractivity contribution in [1.29, 1.82) is 5.26 Å². The molecule has 2 aromatic rings. The molecule has 0 amide bonds. The monoisotopic (exact) mass is 255 g/mol. The molecule has 0 aliphatic rings. The number of benzene rings is 1. The largest absolute Gasteiger partial charge is 0.358 e. The van der Waals surface area contributed by atoms with Gasteiger partial charge in [0, 0.05) is 23.1 Å². The lowest BCUT2D eigenvalue weighted by Crippen LogP contribution is -2.29. The number of H-pyrrole nitrogens is 1. The summed E-state index contributed by atoms with van der Waals surface area (Å²) in [5.74, 6) is 0. The highest BCUT2D eigenvalue weighted by molar-refractivity contribution is 5.84. The summed E-state index contributed by atoms with van der Waals surface area (Å²) in [5, 5.41) is 13.6. The Bertz CT molecular complexity index is 602. The lowest BCUT2D eigenvalue weighted by atomic mass is 9.96. The summed E-state index contributed by atoms with van der Waals surface area (Å²) >= 11 is 0. The summed E-state index contributed by atoms with van der Waals surface area (Å²) in [6, 6.07) is 10.7. The highest BCUT2D eigenvalue weighted by atomic mass is 14.9. The standard InChI is InChI=1S/C16H21N3/c1-12-13(8-9-18-11-16(2,3)10-17)14-6-4-5-7-15(14)19-12/h4-7,18-19H,8-9,11H2,1-3H3. The van der Waals surface area contributed by atoms with Crippen molar-refractivity contribution in [2.45, 2.75) is 27.2 Å². The van der Waals surface area contributed by atoms with Gasteiger partial charge in [-0.05, 0) is 45.4 Å². The number of para-hydroxylation sites is 1. The van der Waals surface area contributed by atoms with Gasteiger partial charge in [0.15, 0.2) is 0 Å². The summed E-state index contributed by atoms with van der Waals surface area (Å²) in [6.07, 6.45) is 0.983. The average Bonchev–Trinajstić information content (AvgIpc) is 2.71. The lowest BCUT2D eigenvalue weighted by molar-refractivity contribution is 0.447. The number of aromatic amines is 1. The van der Waals surface area contributed by atoms with Crippen LogP contribution >= 0.6 is 0 Å². The quantitative estimate of drug-likeness (QED) is 0.806. The Morgan fingerprint density at radius 1 is 1.32 bits per heavy atom. The number of aromatic nitrogens is 1. The second-order valence-corrected chi connectivity index (χ2v) is 5.70. The SMILES string of the molecule is Cc1[nH]c2ccccc2c1CCNCC(C)(C)C#N. The van der Waals surface area contributed by atoms with Crippen LogP contribution in [0.4, 0.5) is 0 Å². The van der Waals surface area contributed by atoms with Crippen LogP contribution in [0.3, 0.4) is 0 Å². The molecule has 0 saturated carbocycles. The van der Waals surface area contributed by atoms with Gasteiger partial charge in [-0.2, -0.15) is 5.26 Å². The van der Waals surface area contributed by atoms with Crippen LogP contribution in [0.2, 0.25) is 0 Å². The van der Waals surface area contributed by atoms with E-state index in [1.54, 1.807) is 0 Å². The van der Waals surface area contributed by atoms with E-state index in [0.29, 0.717) is 0 Å². The molecule has 0 unspecified atom stereocenters. The zero-order chi connectivity index (χ0) is 13.9. The van der Waals surface area contributed by atoms with Crippen molar-refractivity contribution in [2.75, 3.05) is 13.1 Å². The van der Waals surface area contributed by atoms with E-state index < -0.39 is 0 Å². The summed E-state index contributed by atoms with van der Waals surface area (Å²) < 4.78 is 0. The molecule has 0 spiro atoms. The minimum absolute atomic E-state index is 0.296. The van der Waals surface area contributed by atoms with Crippen molar-refractivity contribution in [2.24, 2.45) is 5.41 Å². The Hall–Kier alpha value is -1.79. The molecule has 1 aromatic carbocycles. The first-order valence-electron chi connectivity index (χ1n) is 6.72. The summed E-state index contributed by atoms with van der Waals surface area (Å²) in [6.45, 7) is 7.65. The van der Waals surface area contributed by atoms with Gasteiger partial charge in [0.05, 0.1) is 11.5 Å².